The van der Waals surface area contributed by atoms with Crippen molar-refractivity contribution in [1.82, 2.24) is 0 Å². The predicted molar refractivity (Wildman–Crippen MR) is 71.0 cm³/mol. The van der Waals surface area contributed by atoms with Gasteiger partial charge in [0.15, 0.2) is 9.84 Å². The SMILES string of the molecule is O=C(CC1CCCS(=O)(=O)C1)Nc1ccc(F)cc1. The number of benzene rings is 1. The smallest absolute Gasteiger partial charge is 0.224 e. The zero-order valence-electron chi connectivity index (χ0n) is 10.4. The highest BCUT2D eigenvalue weighted by Crippen LogP contribution is 2.22. The molecule has 1 aromatic rings. The van der Waals surface area contributed by atoms with Crippen molar-refractivity contribution >= 4 is 21.4 Å². The summed E-state index contributed by atoms with van der Waals surface area (Å²) in [5.41, 5.74) is 0.519. The van der Waals surface area contributed by atoms with E-state index in [-0.39, 0.29) is 35.6 Å². The van der Waals surface area contributed by atoms with Crippen molar-refractivity contribution in [2.24, 2.45) is 5.92 Å². The number of carbonyl (C=O) groups is 1. The molecule has 0 spiro atoms. The van der Waals surface area contributed by atoms with Crippen LogP contribution in [0.5, 0.6) is 0 Å². The van der Waals surface area contributed by atoms with Gasteiger partial charge >= 0.3 is 0 Å². The summed E-state index contributed by atoms with van der Waals surface area (Å²) in [5, 5.41) is 2.64. The molecule has 2 rings (SSSR count). The van der Waals surface area contributed by atoms with Crippen molar-refractivity contribution in [2.45, 2.75) is 19.3 Å². The Morgan fingerprint density at radius 2 is 2.00 bits per heavy atom. The number of hydrogen-bond donors (Lipinski definition) is 1. The normalized spacial score (nSPS) is 21.8. The van der Waals surface area contributed by atoms with Crippen molar-refractivity contribution in [3.05, 3.63) is 30.1 Å². The molecule has 1 aliphatic heterocycles. The lowest BCUT2D eigenvalue weighted by molar-refractivity contribution is -0.117. The molecular weight excluding hydrogens is 269 g/mol. The van der Waals surface area contributed by atoms with Crippen LogP contribution in [0, 0.1) is 11.7 Å². The molecule has 1 amide bonds. The number of hydrogen-bond acceptors (Lipinski definition) is 3. The second kappa shape index (κ2) is 5.69. The summed E-state index contributed by atoms with van der Waals surface area (Å²) in [6.07, 6.45) is 1.57. The standard InChI is InChI=1S/C13H16FNO3S/c14-11-3-5-12(6-4-11)15-13(16)8-10-2-1-7-19(17,18)9-10/h3-6,10H,1-2,7-9H2,(H,15,16). The molecule has 1 saturated heterocycles. The topological polar surface area (TPSA) is 63.2 Å². The minimum absolute atomic E-state index is 0.0871. The van der Waals surface area contributed by atoms with Crippen molar-refractivity contribution in [3.8, 4) is 0 Å². The van der Waals surface area contributed by atoms with Crippen LogP contribution >= 0.6 is 0 Å². The molecule has 0 saturated carbocycles. The summed E-state index contributed by atoms with van der Waals surface area (Å²) in [5.74, 6) is -0.392. The van der Waals surface area contributed by atoms with E-state index in [1.807, 2.05) is 0 Å². The van der Waals surface area contributed by atoms with Gasteiger partial charge in [0.25, 0.3) is 0 Å². The van der Waals surface area contributed by atoms with E-state index in [2.05, 4.69) is 5.32 Å². The van der Waals surface area contributed by atoms with Crippen LogP contribution in [0.1, 0.15) is 19.3 Å². The van der Waals surface area contributed by atoms with Crippen LogP contribution in [0.3, 0.4) is 0 Å². The molecule has 4 nitrogen and oxygen atoms in total. The van der Waals surface area contributed by atoms with E-state index in [0.717, 1.165) is 6.42 Å². The highest BCUT2D eigenvalue weighted by Gasteiger charge is 2.26. The van der Waals surface area contributed by atoms with Gasteiger partial charge in [0, 0.05) is 12.1 Å². The third-order valence-electron chi connectivity index (χ3n) is 3.16. The number of halogens is 1. The van der Waals surface area contributed by atoms with Gasteiger partial charge in [0.1, 0.15) is 5.82 Å². The van der Waals surface area contributed by atoms with Crippen molar-refractivity contribution < 1.29 is 17.6 Å². The molecule has 0 aromatic heterocycles. The van der Waals surface area contributed by atoms with Crippen molar-refractivity contribution in [3.63, 3.8) is 0 Å². The first-order valence-electron chi connectivity index (χ1n) is 6.20. The number of rotatable bonds is 3. The minimum atomic E-state index is -2.99. The first-order chi connectivity index (χ1) is 8.94. The highest BCUT2D eigenvalue weighted by atomic mass is 32.2. The van der Waals surface area contributed by atoms with Crippen molar-refractivity contribution in [1.29, 1.82) is 0 Å². The Labute approximate surface area is 111 Å². The largest absolute Gasteiger partial charge is 0.326 e. The maximum Gasteiger partial charge on any atom is 0.224 e. The Hall–Kier alpha value is -1.43. The van der Waals surface area contributed by atoms with Crippen LogP contribution in [0.25, 0.3) is 0 Å². The highest BCUT2D eigenvalue weighted by molar-refractivity contribution is 7.91. The van der Waals surface area contributed by atoms with Crippen LogP contribution in [0.4, 0.5) is 10.1 Å². The van der Waals surface area contributed by atoms with E-state index in [9.17, 15) is 17.6 Å². The Kier molecular flexibility index (Phi) is 4.19. The Morgan fingerprint density at radius 3 is 2.63 bits per heavy atom. The van der Waals surface area contributed by atoms with Gasteiger partial charge in [0.2, 0.25) is 5.91 Å². The van der Waals surface area contributed by atoms with Crippen LogP contribution in [-0.4, -0.2) is 25.8 Å². The zero-order valence-corrected chi connectivity index (χ0v) is 11.2. The third kappa shape index (κ3) is 4.31. The summed E-state index contributed by atoms with van der Waals surface area (Å²) in [4.78, 5) is 11.8. The molecule has 0 radical (unpaired) electrons. The second-order valence-corrected chi connectivity index (χ2v) is 7.11. The number of sulfone groups is 1. The van der Waals surface area contributed by atoms with Crippen LogP contribution < -0.4 is 5.32 Å². The van der Waals surface area contributed by atoms with E-state index < -0.39 is 9.84 Å². The van der Waals surface area contributed by atoms with Gasteiger partial charge in [-0.1, -0.05) is 0 Å². The van der Waals surface area contributed by atoms with E-state index >= 15 is 0 Å². The molecule has 1 N–H and O–H groups in total. The van der Waals surface area contributed by atoms with Gasteiger partial charge in [0.05, 0.1) is 11.5 Å². The van der Waals surface area contributed by atoms with E-state index in [1.54, 1.807) is 0 Å². The number of anilines is 1. The summed E-state index contributed by atoms with van der Waals surface area (Å²) < 4.78 is 35.6. The molecular formula is C13H16FNO3S. The number of nitrogens with one attached hydrogen (secondary N) is 1. The second-order valence-electron chi connectivity index (χ2n) is 4.88. The first-order valence-corrected chi connectivity index (χ1v) is 8.02. The minimum Gasteiger partial charge on any atom is -0.326 e. The molecule has 19 heavy (non-hydrogen) atoms. The van der Waals surface area contributed by atoms with Gasteiger partial charge in [-0.05, 0) is 43.0 Å². The average molecular weight is 285 g/mol. The maximum absolute atomic E-state index is 12.7. The fourth-order valence-electron chi connectivity index (χ4n) is 2.29. The lowest BCUT2D eigenvalue weighted by atomic mass is 10.0. The summed E-state index contributed by atoms with van der Waals surface area (Å²) in [6.45, 7) is 0. The number of carbonyl (C=O) groups excluding carboxylic acids is 1. The van der Waals surface area contributed by atoms with E-state index in [4.69, 9.17) is 0 Å². The Morgan fingerprint density at radius 1 is 1.32 bits per heavy atom. The average Bonchev–Trinajstić information content (AvgIpc) is 2.30. The Balaban J connectivity index is 1.89. The van der Waals surface area contributed by atoms with E-state index in [1.165, 1.54) is 24.3 Å². The van der Waals surface area contributed by atoms with Gasteiger partial charge < -0.3 is 5.32 Å². The molecule has 1 atom stereocenters. The fraction of sp³-hybridized carbons (Fsp3) is 0.462. The predicted octanol–water partition coefficient (Wildman–Crippen LogP) is 1.98. The molecule has 1 heterocycles. The maximum atomic E-state index is 12.7. The van der Waals surface area contributed by atoms with Gasteiger partial charge in [-0.25, -0.2) is 12.8 Å². The first kappa shape index (κ1) is 14.0. The fourth-order valence-corrected chi connectivity index (χ4v) is 4.06. The van der Waals surface area contributed by atoms with Crippen molar-refractivity contribution in [2.75, 3.05) is 16.8 Å². The van der Waals surface area contributed by atoms with E-state index in [0.29, 0.717) is 12.1 Å². The molecule has 1 aromatic carbocycles. The molecule has 0 bridgehead atoms. The molecule has 1 aliphatic rings. The Bertz CT molecular complexity index is 554. The van der Waals surface area contributed by atoms with Crippen LogP contribution in [0.2, 0.25) is 0 Å². The monoisotopic (exact) mass is 285 g/mol. The molecule has 0 aliphatic carbocycles. The summed E-state index contributed by atoms with van der Waals surface area (Å²) in [6, 6.07) is 5.48. The van der Waals surface area contributed by atoms with Gasteiger partial charge in [-0.2, -0.15) is 0 Å². The summed E-state index contributed by atoms with van der Waals surface area (Å²) >= 11 is 0. The lowest BCUT2D eigenvalue weighted by Gasteiger charge is -2.21. The molecule has 1 unspecified atom stereocenters. The summed E-state index contributed by atoms with van der Waals surface area (Å²) in [7, 11) is -2.99. The number of amides is 1. The van der Waals surface area contributed by atoms with Crippen LogP contribution in [0.15, 0.2) is 24.3 Å². The van der Waals surface area contributed by atoms with Gasteiger partial charge in [-0.15, -0.1) is 0 Å². The molecule has 104 valence electrons. The third-order valence-corrected chi connectivity index (χ3v) is 5.05. The lowest BCUT2D eigenvalue weighted by Crippen LogP contribution is -2.28. The quantitative estimate of drug-likeness (QED) is 0.923. The molecule has 1 fully saturated rings. The zero-order chi connectivity index (χ0) is 13.9. The van der Waals surface area contributed by atoms with Crippen LogP contribution in [-0.2, 0) is 14.6 Å². The van der Waals surface area contributed by atoms with Gasteiger partial charge in [-0.3, -0.25) is 4.79 Å². The molecule has 6 heteroatoms.